The highest BCUT2D eigenvalue weighted by Crippen LogP contribution is 2.36. The fraction of sp³-hybridized carbons (Fsp3) is 0.533. The summed E-state index contributed by atoms with van der Waals surface area (Å²) in [7, 11) is 0. The Kier molecular flexibility index (Phi) is 28.1. The Morgan fingerprint density at radius 3 is 1.73 bits per heavy atom. The first-order valence-electron chi connectivity index (χ1n) is 18.5. The van der Waals surface area contributed by atoms with Crippen molar-refractivity contribution in [3.05, 3.63) is 107 Å². The lowest BCUT2D eigenvalue weighted by Crippen LogP contribution is -2.12. The number of aryl methyl sites for hydroxylation is 3. The molecule has 2 rings (SSSR count). The third kappa shape index (κ3) is 23.0. The summed E-state index contributed by atoms with van der Waals surface area (Å²) in [4.78, 5) is 10.2. The third-order valence-corrected chi connectivity index (χ3v) is 7.90. The molecule has 0 spiro atoms. The van der Waals surface area contributed by atoms with Crippen LogP contribution in [-0.4, -0.2) is 12.0 Å². The Hall–Kier alpha value is -3.14. The molecule has 49 heavy (non-hydrogen) atoms. The van der Waals surface area contributed by atoms with Crippen LogP contribution < -0.4 is 0 Å². The van der Waals surface area contributed by atoms with Crippen LogP contribution >= 0.6 is 0 Å². The van der Waals surface area contributed by atoms with Gasteiger partial charge < -0.3 is 4.79 Å². The number of carbonyl (C=O) groups excluding carboxylic acids is 1. The van der Waals surface area contributed by atoms with Gasteiger partial charge in [-0.2, -0.15) is 13.2 Å². The predicted octanol–water partition coefficient (Wildman–Crippen LogP) is 15.2. The van der Waals surface area contributed by atoms with E-state index in [0.29, 0.717) is 11.3 Å². The molecular weight excluding hydrogens is 613 g/mol. The number of allylic oxidation sites excluding steroid dienone is 6. The van der Waals surface area contributed by atoms with E-state index < -0.39 is 11.7 Å². The van der Waals surface area contributed by atoms with Gasteiger partial charge in [-0.1, -0.05) is 121 Å². The number of rotatable bonds is 16. The fourth-order valence-electron chi connectivity index (χ4n) is 4.88. The Balaban J connectivity index is 0. The van der Waals surface area contributed by atoms with Crippen LogP contribution in [-0.2, 0) is 17.6 Å². The van der Waals surface area contributed by atoms with Crippen molar-refractivity contribution in [3.63, 3.8) is 0 Å². The average Bonchev–Trinajstić information content (AvgIpc) is 3.05. The fourth-order valence-corrected chi connectivity index (χ4v) is 4.88. The van der Waals surface area contributed by atoms with Gasteiger partial charge in [0.15, 0.2) is 0 Å². The highest BCUT2D eigenvalue weighted by molar-refractivity contribution is 5.82. The van der Waals surface area contributed by atoms with Gasteiger partial charge in [-0.3, -0.25) is 0 Å². The van der Waals surface area contributed by atoms with Crippen molar-refractivity contribution in [1.82, 2.24) is 0 Å². The van der Waals surface area contributed by atoms with E-state index in [9.17, 15) is 18.0 Å². The molecule has 0 aliphatic heterocycles. The average molecular weight is 683 g/mol. The van der Waals surface area contributed by atoms with Crippen LogP contribution in [0.25, 0.3) is 11.1 Å². The minimum atomic E-state index is -4.35. The summed E-state index contributed by atoms with van der Waals surface area (Å²) in [6.07, 6.45) is 12.8. The van der Waals surface area contributed by atoms with Gasteiger partial charge >= 0.3 is 6.18 Å². The van der Waals surface area contributed by atoms with Crippen LogP contribution in [0.2, 0.25) is 0 Å². The molecule has 276 valence electrons. The molecule has 0 atom stereocenters. The van der Waals surface area contributed by atoms with Crippen molar-refractivity contribution in [2.45, 2.75) is 159 Å². The highest BCUT2D eigenvalue weighted by atomic mass is 19.4. The number of alkyl halides is 3. The highest BCUT2D eigenvalue weighted by Gasteiger charge is 2.33. The minimum Gasteiger partial charge on any atom is -0.300 e. The first kappa shape index (κ1) is 48.0. The van der Waals surface area contributed by atoms with Gasteiger partial charge in [0.1, 0.15) is 5.78 Å². The summed E-state index contributed by atoms with van der Waals surface area (Å²) in [6, 6.07) is 14.6. The zero-order valence-corrected chi connectivity index (χ0v) is 32.8. The number of carbonyl (C=O) groups is 1. The third-order valence-electron chi connectivity index (χ3n) is 7.90. The summed E-state index contributed by atoms with van der Waals surface area (Å²) in [6.45, 7) is 26.7. The Labute approximate surface area is 299 Å². The van der Waals surface area contributed by atoms with E-state index >= 15 is 0 Å². The first-order valence-corrected chi connectivity index (χ1v) is 18.5. The predicted molar refractivity (Wildman–Crippen MR) is 212 cm³/mol. The Morgan fingerprint density at radius 1 is 0.755 bits per heavy atom. The number of hydrogen-bond acceptors (Lipinski definition) is 1. The van der Waals surface area contributed by atoms with Crippen molar-refractivity contribution in [1.29, 1.82) is 0 Å². The molecule has 1 nitrogen and oxygen atoms in total. The van der Waals surface area contributed by atoms with Crippen LogP contribution in [0.3, 0.4) is 0 Å². The smallest absolute Gasteiger partial charge is 0.300 e. The van der Waals surface area contributed by atoms with Crippen molar-refractivity contribution in [3.8, 4) is 0 Å². The van der Waals surface area contributed by atoms with E-state index in [0.717, 1.165) is 86.5 Å². The van der Waals surface area contributed by atoms with Gasteiger partial charge in [0.05, 0.1) is 0 Å². The van der Waals surface area contributed by atoms with Gasteiger partial charge in [0.25, 0.3) is 0 Å². The van der Waals surface area contributed by atoms with Gasteiger partial charge in [0, 0.05) is 12.0 Å². The van der Waals surface area contributed by atoms with E-state index in [4.69, 9.17) is 0 Å². The summed E-state index contributed by atoms with van der Waals surface area (Å²) in [5.74, 6) is 0.307. The second kappa shape index (κ2) is 28.7. The lowest BCUT2D eigenvalue weighted by Gasteiger charge is -2.18. The molecule has 0 fully saturated rings. The molecule has 2 aromatic carbocycles. The lowest BCUT2D eigenvalue weighted by atomic mass is 9.88. The maximum absolute atomic E-state index is 13.6. The molecule has 0 aliphatic rings. The van der Waals surface area contributed by atoms with Gasteiger partial charge in [-0.05, 0) is 132 Å². The minimum absolute atomic E-state index is 0.279. The molecule has 4 heteroatoms. The molecule has 0 bridgehead atoms. The van der Waals surface area contributed by atoms with Crippen LogP contribution in [0.15, 0.2) is 78.9 Å². The van der Waals surface area contributed by atoms with Crippen molar-refractivity contribution < 1.29 is 18.0 Å². The van der Waals surface area contributed by atoms with E-state index in [1.54, 1.807) is 19.1 Å². The SMILES string of the molecule is C=C(CCCCC)c1ccc(CCCC)c(/C(C=C(C)C)=C(/C)C(F)(F)F)c1.C=CC.CCCCC(C)=O.CCCCc1ccccc1C. The monoisotopic (exact) mass is 683 g/mol. The number of benzene rings is 2. The Morgan fingerprint density at radius 2 is 1.29 bits per heavy atom. The van der Waals surface area contributed by atoms with Gasteiger partial charge in [-0.25, -0.2) is 0 Å². The number of Topliss-reactive ketones (excluding diaryl/α,β-unsaturated/α-hetero) is 1. The van der Waals surface area contributed by atoms with Gasteiger partial charge in [-0.15, -0.1) is 6.58 Å². The molecule has 0 aromatic heterocycles. The topological polar surface area (TPSA) is 17.1 Å². The molecule has 0 radical (unpaired) electrons. The molecule has 0 unspecified atom stereocenters. The maximum atomic E-state index is 13.6. The van der Waals surface area contributed by atoms with Crippen LogP contribution in [0.5, 0.6) is 0 Å². The van der Waals surface area contributed by atoms with Crippen molar-refractivity contribution in [2.24, 2.45) is 0 Å². The summed E-state index contributed by atoms with van der Waals surface area (Å²) >= 11 is 0. The second-order valence-electron chi connectivity index (χ2n) is 13.0. The Bertz CT molecular complexity index is 1270. The molecule has 0 N–H and O–H groups in total. The molecule has 0 amide bonds. The molecule has 0 saturated heterocycles. The van der Waals surface area contributed by atoms with E-state index in [2.05, 4.69) is 72.0 Å². The van der Waals surface area contributed by atoms with Crippen LogP contribution in [0.4, 0.5) is 13.2 Å². The number of halogens is 3. The summed E-state index contributed by atoms with van der Waals surface area (Å²) in [5.41, 5.74) is 7.14. The zero-order valence-electron chi connectivity index (χ0n) is 32.8. The molecule has 0 saturated carbocycles. The standard InChI is InChI=1S/C25H35F3.C11H16.C6H12O.C3H6/c1-7-9-11-12-19(5)22-15-14-21(13-10-8-2)24(17-22)23(16-18(3)4)20(6)25(26,27)28;1-3-4-8-11-9-6-5-7-10(11)2;1-3-4-5-6(2)7;1-3-2/h14-17H,5,7-13H2,1-4,6H3;5-7,9H,3-4,8H2,1-2H3;3-5H2,1-2H3;3H,1H2,2H3/b23-20-;;;. The molecule has 0 heterocycles. The van der Waals surface area contributed by atoms with Crippen molar-refractivity contribution in [2.75, 3.05) is 0 Å². The normalized spacial score (nSPS) is 11.0. The largest absolute Gasteiger partial charge is 0.413 e. The summed E-state index contributed by atoms with van der Waals surface area (Å²) < 4.78 is 40.7. The van der Waals surface area contributed by atoms with Crippen molar-refractivity contribution >= 4 is 16.9 Å². The maximum Gasteiger partial charge on any atom is 0.413 e. The van der Waals surface area contributed by atoms with E-state index in [1.807, 2.05) is 39.0 Å². The number of hydrogen-bond donors (Lipinski definition) is 0. The van der Waals surface area contributed by atoms with Crippen LogP contribution in [0.1, 0.15) is 161 Å². The second-order valence-corrected chi connectivity index (χ2v) is 13.0. The lowest BCUT2D eigenvalue weighted by molar-refractivity contribution is -0.117. The van der Waals surface area contributed by atoms with Gasteiger partial charge in [0.2, 0.25) is 0 Å². The van der Waals surface area contributed by atoms with Crippen LogP contribution in [0, 0.1) is 6.92 Å². The summed E-state index contributed by atoms with van der Waals surface area (Å²) in [5, 5.41) is 0. The first-order chi connectivity index (χ1) is 23.1. The van der Waals surface area contributed by atoms with E-state index in [-0.39, 0.29) is 5.57 Å². The quantitative estimate of drug-likeness (QED) is 0.0978. The zero-order chi connectivity index (χ0) is 37.8. The molecule has 0 aliphatic carbocycles. The molecular formula is C45H69F3O. The molecule has 2 aromatic rings. The number of unbranched alkanes of at least 4 members (excludes halogenated alkanes) is 5. The number of ketones is 1. The van der Waals surface area contributed by atoms with E-state index in [1.165, 1.54) is 37.3 Å².